The first kappa shape index (κ1) is 22.4. The van der Waals surface area contributed by atoms with Crippen LogP contribution >= 0.6 is 11.8 Å². The third-order valence-electron chi connectivity index (χ3n) is 5.48. The molecule has 1 aromatic carbocycles. The zero-order valence-electron chi connectivity index (χ0n) is 17.9. The molecule has 0 spiro atoms. The van der Waals surface area contributed by atoms with Gasteiger partial charge >= 0.3 is 6.18 Å². The summed E-state index contributed by atoms with van der Waals surface area (Å²) in [5, 5.41) is 2.91. The normalized spacial score (nSPS) is 14.2. The Balaban J connectivity index is 1.85. The molecular weight excluding hydrogens is 441 g/mol. The molecule has 3 aromatic rings. The highest BCUT2D eigenvalue weighted by Crippen LogP contribution is 2.36. The van der Waals surface area contributed by atoms with E-state index in [-0.39, 0.29) is 29.4 Å². The Bertz CT molecular complexity index is 1260. The van der Waals surface area contributed by atoms with E-state index in [4.69, 9.17) is 0 Å². The quantitative estimate of drug-likeness (QED) is 0.527. The molecule has 32 heavy (non-hydrogen) atoms. The molecule has 2 aromatic heterocycles. The van der Waals surface area contributed by atoms with Gasteiger partial charge in [0.15, 0.2) is 0 Å². The second-order valence-electron chi connectivity index (χ2n) is 7.71. The molecule has 1 aliphatic rings. The number of amides is 1. The van der Waals surface area contributed by atoms with Gasteiger partial charge in [0.1, 0.15) is 17.0 Å². The van der Waals surface area contributed by atoms with Crippen molar-refractivity contribution in [1.82, 2.24) is 14.1 Å². The average Bonchev–Trinajstić information content (AvgIpc) is 3.52. The van der Waals surface area contributed by atoms with Crippen LogP contribution in [0.4, 0.5) is 18.9 Å². The molecule has 1 amide bonds. The Morgan fingerprint density at radius 2 is 1.97 bits per heavy atom. The van der Waals surface area contributed by atoms with Crippen LogP contribution in [-0.4, -0.2) is 25.8 Å². The van der Waals surface area contributed by atoms with Gasteiger partial charge in [-0.15, -0.1) is 11.8 Å². The van der Waals surface area contributed by atoms with Crippen molar-refractivity contribution in [3.63, 3.8) is 0 Å². The summed E-state index contributed by atoms with van der Waals surface area (Å²) < 4.78 is 42.8. The number of fused-ring (bicyclic) bond motifs is 1. The molecule has 10 heteroatoms. The largest absolute Gasteiger partial charge is 0.431 e. The second-order valence-corrected chi connectivity index (χ2v) is 9.02. The first-order valence-corrected chi connectivity index (χ1v) is 11.4. The molecule has 0 bridgehead atoms. The fourth-order valence-electron chi connectivity index (χ4n) is 3.76. The van der Waals surface area contributed by atoms with Gasteiger partial charge < -0.3 is 14.5 Å². The molecule has 1 N–H and O–H groups in total. The minimum atomic E-state index is -4.66. The summed E-state index contributed by atoms with van der Waals surface area (Å²) in [6.07, 6.45) is -2.86. The third kappa shape index (κ3) is 4.03. The van der Waals surface area contributed by atoms with Crippen LogP contribution in [0.3, 0.4) is 0 Å². The maximum atomic E-state index is 13.5. The Hall–Kier alpha value is -2.75. The molecule has 0 radical (unpaired) electrons. The Morgan fingerprint density at radius 1 is 1.25 bits per heavy atom. The van der Waals surface area contributed by atoms with Crippen LogP contribution in [0.15, 0.2) is 34.0 Å². The number of carbonyl (C=O) groups is 1. The standard InChI is InChI=1S/C22H23F3N4O2S/c1-4-29-17(22(23,24)25)11-15-18(21(29)31)28(3)19(27-15)14-9-8-13(10-16(14)32-5-2)26-20(30)12-6-7-12/h8-12H,4-7H2,1-3H3,(H,26,30). The summed E-state index contributed by atoms with van der Waals surface area (Å²) in [6.45, 7) is 3.38. The number of halogens is 3. The van der Waals surface area contributed by atoms with E-state index in [1.165, 1.54) is 18.7 Å². The molecule has 1 aliphatic carbocycles. The lowest BCUT2D eigenvalue weighted by molar-refractivity contribution is -0.144. The zero-order valence-corrected chi connectivity index (χ0v) is 18.7. The number of carbonyl (C=O) groups excluding carboxylic acids is 1. The van der Waals surface area contributed by atoms with E-state index in [1.807, 2.05) is 13.0 Å². The SMILES string of the molecule is CCSc1cc(NC(=O)C2CC2)ccc1-c1nc2cc(C(F)(F)F)n(CC)c(=O)c2n1C. The highest BCUT2D eigenvalue weighted by molar-refractivity contribution is 7.99. The maximum absolute atomic E-state index is 13.5. The predicted octanol–water partition coefficient (Wildman–Crippen LogP) is 4.90. The number of hydrogen-bond donors (Lipinski definition) is 1. The smallest absolute Gasteiger partial charge is 0.326 e. The van der Waals surface area contributed by atoms with Crippen LogP contribution in [0.1, 0.15) is 32.4 Å². The molecule has 0 saturated heterocycles. The van der Waals surface area contributed by atoms with Gasteiger partial charge in [0, 0.05) is 35.7 Å². The van der Waals surface area contributed by atoms with Crippen molar-refractivity contribution >= 4 is 34.4 Å². The van der Waals surface area contributed by atoms with Crippen molar-refractivity contribution < 1.29 is 18.0 Å². The number of pyridine rings is 1. The van der Waals surface area contributed by atoms with Gasteiger partial charge in [-0.05, 0) is 49.8 Å². The van der Waals surface area contributed by atoms with Gasteiger partial charge in [-0.1, -0.05) is 6.92 Å². The van der Waals surface area contributed by atoms with Crippen LogP contribution in [0.5, 0.6) is 0 Å². The minimum Gasteiger partial charge on any atom is -0.326 e. The molecule has 0 unspecified atom stereocenters. The lowest BCUT2D eigenvalue weighted by atomic mass is 10.2. The average molecular weight is 465 g/mol. The van der Waals surface area contributed by atoms with Gasteiger partial charge in [-0.3, -0.25) is 9.59 Å². The lowest BCUT2D eigenvalue weighted by Gasteiger charge is -2.14. The van der Waals surface area contributed by atoms with Gasteiger partial charge in [0.2, 0.25) is 5.91 Å². The van der Waals surface area contributed by atoms with E-state index < -0.39 is 17.4 Å². The topological polar surface area (TPSA) is 68.9 Å². The lowest BCUT2D eigenvalue weighted by Crippen LogP contribution is -2.28. The molecule has 6 nitrogen and oxygen atoms in total. The number of anilines is 1. The highest BCUT2D eigenvalue weighted by Gasteiger charge is 2.36. The maximum Gasteiger partial charge on any atom is 0.431 e. The fourth-order valence-corrected chi connectivity index (χ4v) is 4.59. The van der Waals surface area contributed by atoms with Crippen LogP contribution in [0, 0.1) is 5.92 Å². The molecule has 1 fully saturated rings. The molecule has 2 heterocycles. The number of hydrogen-bond acceptors (Lipinski definition) is 4. The van der Waals surface area contributed by atoms with Crippen LogP contribution < -0.4 is 10.9 Å². The second kappa shape index (κ2) is 8.31. The van der Waals surface area contributed by atoms with Gasteiger partial charge in [0.25, 0.3) is 5.56 Å². The molecule has 4 rings (SSSR count). The summed E-state index contributed by atoms with van der Waals surface area (Å²) in [5.41, 5.74) is -0.263. The van der Waals surface area contributed by atoms with Gasteiger partial charge in [0.05, 0.1) is 5.52 Å². The van der Waals surface area contributed by atoms with Gasteiger partial charge in [-0.2, -0.15) is 13.2 Å². The number of benzene rings is 1. The molecule has 0 aliphatic heterocycles. The summed E-state index contributed by atoms with van der Waals surface area (Å²) in [4.78, 5) is 30.3. The van der Waals surface area contributed by atoms with Crippen molar-refractivity contribution in [2.75, 3.05) is 11.1 Å². The van der Waals surface area contributed by atoms with E-state index in [0.29, 0.717) is 17.1 Å². The van der Waals surface area contributed by atoms with Crippen LogP contribution in [0.2, 0.25) is 0 Å². The molecule has 0 atom stereocenters. The Morgan fingerprint density at radius 3 is 2.56 bits per heavy atom. The molecule has 170 valence electrons. The van der Waals surface area contributed by atoms with E-state index in [1.54, 1.807) is 23.7 Å². The van der Waals surface area contributed by atoms with E-state index in [0.717, 1.165) is 34.1 Å². The third-order valence-corrected chi connectivity index (χ3v) is 6.42. The molecule has 1 saturated carbocycles. The van der Waals surface area contributed by atoms with E-state index in [2.05, 4.69) is 10.3 Å². The summed E-state index contributed by atoms with van der Waals surface area (Å²) in [6, 6.07) is 6.31. The minimum absolute atomic E-state index is 0.00286. The van der Waals surface area contributed by atoms with Crippen LogP contribution in [0.25, 0.3) is 22.4 Å². The number of nitrogens with zero attached hydrogens (tertiary/aromatic N) is 3. The summed E-state index contributed by atoms with van der Waals surface area (Å²) in [5.74, 6) is 1.21. The number of thioether (sulfide) groups is 1. The number of imidazole rings is 1. The highest BCUT2D eigenvalue weighted by atomic mass is 32.2. The van der Waals surface area contributed by atoms with Crippen molar-refractivity contribution in [3.05, 3.63) is 40.3 Å². The number of nitrogens with one attached hydrogen (secondary N) is 1. The summed E-state index contributed by atoms with van der Waals surface area (Å²) in [7, 11) is 1.63. The van der Waals surface area contributed by atoms with E-state index in [9.17, 15) is 22.8 Å². The fraction of sp³-hybridized carbons (Fsp3) is 0.409. The van der Waals surface area contributed by atoms with E-state index >= 15 is 0 Å². The van der Waals surface area contributed by atoms with Crippen molar-refractivity contribution in [2.45, 2.75) is 44.3 Å². The summed E-state index contributed by atoms with van der Waals surface area (Å²) >= 11 is 1.53. The van der Waals surface area contributed by atoms with Gasteiger partial charge in [-0.25, -0.2) is 4.98 Å². The molecular formula is C22H23F3N4O2S. The van der Waals surface area contributed by atoms with Crippen molar-refractivity contribution in [2.24, 2.45) is 13.0 Å². The first-order valence-electron chi connectivity index (χ1n) is 10.4. The zero-order chi connectivity index (χ0) is 23.2. The number of aromatic nitrogens is 3. The Kier molecular flexibility index (Phi) is 5.83. The number of rotatable bonds is 6. The number of alkyl halides is 3. The van der Waals surface area contributed by atoms with Crippen molar-refractivity contribution in [1.29, 1.82) is 0 Å². The van der Waals surface area contributed by atoms with Crippen molar-refractivity contribution in [3.8, 4) is 11.4 Å². The monoisotopic (exact) mass is 464 g/mol. The van der Waals surface area contributed by atoms with Crippen LogP contribution in [-0.2, 0) is 24.6 Å². The predicted molar refractivity (Wildman–Crippen MR) is 119 cm³/mol. The first-order chi connectivity index (χ1) is 15.2. The Labute approximate surface area is 186 Å². The number of aryl methyl sites for hydroxylation is 1.